The van der Waals surface area contributed by atoms with Gasteiger partial charge < -0.3 is 16.0 Å². The van der Waals surface area contributed by atoms with Gasteiger partial charge in [0.2, 0.25) is 3.79 Å². The fourth-order valence-electron chi connectivity index (χ4n) is 2.05. The van der Waals surface area contributed by atoms with Crippen molar-refractivity contribution in [3.05, 3.63) is 51.7 Å². The molecule has 9 heteroatoms. The quantitative estimate of drug-likeness (QED) is 0.367. The fraction of sp³-hybridized carbons (Fsp3) is 0.250. The standard InChI is InChI=1S/C16H16Cl3N3OS2/c1-9-5-6-11(10(2)8-9)20-15(24)22-14(16(17,18)19)21-13(23)12-4-3-7-25-12/h3-8,14H,1-2H3,(H,21,23)(H2,20,22,24). The molecule has 1 unspecified atom stereocenters. The highest BCUT2D eigenvalue weighted by molar-refractivity contribution is 7.80. The maximum Gasteiger partial charge on any atom is 0.263 e. The molecule has 4 nitrogen and oxygen atoms in total. The Kier molecular flexibility index (Phi) is 6.93. The summed E-state index contributed by atoms with van der Waals surface area (Å²) in [5.74, 6) is -0.354. The lowest BCUT2D eigenvalue weighted by Gasteiger charge is -2.27. The van der Waals surface area contributed by atoms with E-state index in [4.69, 9.17) is 47.0 Å². The van der Waals surface area contributed by atoms with Crippen molar-refractivity contribution >= 4 is 75.1 Å². The van der Waals surface area contributed by atoms with E-state index < -0.39 is 9.96 Å². The molecule has 0 spiro atoms. The van der Waals surface area contributed by atoms with E-state index in [1.165, 1.54) is 11.3 Å². The number of thiocarbonyl (C=S) groups is 1. The second-order valence-corrected chi connectivity index (χ2v) is 9.07. The first-order chi connectivity index (χ1) is 11.7. The summed E-state index contributed by atoms with van der Waals surface area (Å²) in [6, 6.07) is 9.34. The number of carbonyl (C=O) groups excluding carboxylic acids is 1. The molecule has 0 aliphatic heterocycles. The van der Waals surface area contributed by atoms with Crippen molar-refractivity contribution in [2.45, 2.75) is 23.8 Å². The molecule has 0 aliphatic rings. The Bertz CT molecular complexity index is 760. The zero-order valence-electron chi connectivity index (χ0n) is 13.4. The third-order valence-electron chi connectivity index (χ3n) is 3.25. The topological polar surface area (TPSA) is 53.2 Å². The number of alkyl halides is 3. The number of aryl methyl sites for hydroxylation is 2. The fourth-order valence-corrected chi connectivity index (χ4v) is 3.24. The summed E-state index contributed by atoms with van der Waals surface area (Å²) < 4.78 is -1.79. The third-order valence-corrected chi connectivity index (χ3v) is 5.00. The summed E-state index contributed by atoms with van der Waals surface area (Å²) in [7, 11) is 0. The molecule has 0 saturated carbocycles. The molecule has 0 fully saturated rings. The average Bonchev–Trinajstić information content (AvgIpc) is 3.03. The number of amides is 1. The summed E-state index contributed by atoms with van der Waals surface area (Å²) in [6.07, 6.45) is -1.00. The van der Waals surface area contributed by atoms with Crippen LogP contribution >= 0.6 is 58.4 Å². The first kappa shape index (κ1) is 20.3. The molecule has 0 saturated heterocycles. The summed E-state index contributed by atoms with van der Waals surface area (Å²) in [6.45, 7) is 3.97. The molecule has 2 rings (SSSR count). The minimum Gasteiger partial charge on any atom is -0.339 e. The monoisotopic (exact) mass is 435 g/mol. The largest absolute Gasteiger partial charge is 0.339 e. The van der Waals surface area contributed by atoms with Crippen LogP contribution < -0.4 is 16.0 Å². The van der Waals surface area contributed by atoms with E-state index in [0.29, 0.717) is 4.88 Å². The summed E-state index contributed by atoms with van der Waals surface area (Å²) in [5.41, 5.74) is 3.00. The van der Waals surface area contributed by atoms with Crippen LogP contribution in [-0.2, 0) is 0 Å². The minimum absolute atomic E-state index is 0.231. The molecule has 3 N–H and O–H groups in total. The van der Waals surface area contributed by atoms with Gasteiger partial charge in [0.25, 0.3) is 5.91 Å². The number of anilines is 1. The summed E-state index contributed by atoms with van der Waals surface area (Å²) in [4.78, 5) is 12.7. The van der Waals surface area contributed by atoms with E-state index in [1.54, 1.807) is 17.5 Å². The van der Waals surface area contributed by atoms with Gasteiger partial charge in [-0.2, -0.15) is 0 Å². The Balaban J connectivity index is 2.06. The van der Waals surface area contributed by atoms with E-state index in [-0.39, 0.29) is 11.0 Å². The van der Waals surface area contributed by atoms with Gasteiger partial charge in [0.15, 0.2) is 5.11 Å². The molecule has 1 aromatic heterocycles. The molecule has 134 valence electrons. The van der Waals surface area contributed by atoms with E-state index in [2.05, 4.69) is 16.0 Å². The number of benzene rings is 1. The van der Waals surface area contributed by atoms with Gasteiger partial charge in [-0.05, 0) is 49.1 Å². The summed E-state index contributed by atoms with van der Waals surface area (Å²) >= 11 is 24.5. The van der Waals surface area contributed by atoms with Crippen LogP contribution in [0.25, 0.3) is 0 Å². The van der Waals surface area contributed by atoms with E-state index in [9.17, 15) is 4.79 Å². The van der Waals surface area contributed by atoms with Crippen LogP contribution in [0.5, 0.6) is 0 Å². The predicted molar refractivity (Wildman–Crippen MR) is 111 cm³/mol. The number of nitrogens with one attached hydrogen (secondary N) is 3. The molecular weight excluding hydrogens is 421 g/mol. The van der Waals surface area contributed by atoms with Gasteiger partial charge in [-0.3, -0.25) is 4.79 Å². The van der Waals surface area contributed by atoms with E-state index in [0.717, 1.165) is 16.8 Å². The smallest absolute Gasteiger partial charge is 0.263 e. The highest BCUT2D eigenvalue weighted by atomic mass is 35.6. The molecule has 2 aromatic rings. The maximum absolute atomic E-state index is 12.2. The number of halogens is 3. The number of hydrogen-bond acceptors (Lipinski definition) is 3. The van der Waals surface area contributed by atoms with Crippen LogP contribution in [0.4, 0.5) is 5.69 Å². The summed E-state index contributed by atoms with van der Waals surface area (Å²) in [5, 5.41) is 10.5. The molecule has 0 aliphatic carbocycles. The van der Waals surface area contributed by atoms with Crippen molar-refractivity contribution in [1.29, 1.82) is 0 Å². The second-order valence-electron chi connectivity index (χ2n) is 5.34. The van der Waals surface area contributed by atoms with Crippen LogP contribution in [-0.4, -0.2) is 21.0 Å². The van der Waals surface area contributed by atoms with Gasteiger partial charge in [-0.1, -0.05) is 58.6 Å². The van der Waals surface area contributed by atoms with Crippen LogP contribution in [0, 0.1) is 13.8 Å². The Morgan fingerprint density at radius 2 is 1.92 bits per heavy atom. The van der Waals surface area contributed by atoms with Crippen molar-refractivity contribution in [3.8, 4) is 0 Å². The van der Waals surface area contributed by atoms with Gasteiger partial charge >= 0.3 is 0 Å². The average molecular weight is 437 g/mol. The predicted octanol–water partition coefficient (Wildman–Crippen LogP) is 4.78. The Labute approximate surface area is 170 Å². The lowest BCUT2D eigenvalue weighted by atomic mass is 10.1. The lowest BCUT2D eigenvalue weighted by molar-refractivity contribution is 0.0938. The van der Waals surface area contributed by atoms with Crippen molar-refractivity contribution in [2.24, 2.45) is 0 Å². The Morgan fingerprint density at radius 1 is 1.20 bits per heavy atom. The van der Waals surface area contributed by atoms with Gasteiger partial charge in [0.1, 0.15) is 6.17 Å². The molecule has 1 heterocycles. The van der Waals surface area contributed by atoms with Crippen LogP contribution in [0.3, 0.4) is 0 Å². The van der Waals surface area contributed by atoms with Gasteiger partial charge in [0.05, 0.1) is 4.88 Å². The maximum atomic E-state index is 12.2. The molecule has 1 amide bonds. The normalized spacial score (nSPS) is 12.4. The Morgan fingerprint density at radius 3 is 2.48 bits per heavy atom. The first-order valence-corrected chi connectivity index (χ1v) is 9.65. The molecule has 1 atom stereocenters. The first-order valence-electron chi connectivity index (χ1n) is 7.22. The zero-order valence-corrected chi connectivity index (χ0v) is 17.3. The van der Waals surface area contributed by atoms with Crippen molar-refractivity contribution in [3.63, 3.8) is 0 Å². The molecule has 25 heavy (non-hydrogen) atoms. The highest BCUT2D eigenvalue weighted by Crippen LogP contribution is 2.29. The van der Waals surface area contributed by atoms with Crippen molar-refractivity contribution < 1.29 is 4.79 Å². The van der Waals surface area contributed by atoms with Gasteiger partial charge in [-0.15, -0.1) is 11.3 Å². The van der Waals surface area contributed by atoms with E-state index >= 15 is 0 Å². The third kappa shape index (κ3) is 6.01. The van der Waals surface area contributed by atoms with Crippen LogP contribution in [0.2, 0.25) is 0 Å². The van der Waals surface area contributed by atoms with Crippen molar-refractivity contribution in [2.75, 3.05) is 5.32 Å². The van der Waals surface area contributed by atoms with Gasteiger partial charge in [-0.25, -0.2) is 0 Å². The lowest BCUT2D eigenvalue weighted by Crippen LogP contribution is -2.56. The number of rotatable bonds is 4. The van der Waals surface area contributed by atoms with Gasteiger partial charge in [0, 0.05) is 5.69 Å². The van der Waals surface area contributed by atoms with E-state index in [1.807, 2.05) is 32.0 Å². The molecular formula is C16H16Cl3N3OS2. The molecule has 0 bridgehead atoms. The second kappa shape index (κ2) is 8.56. The highest BCUT2D eigenvalue weighted by Gasteiger charge is 2.35. The van der Waals surface area contributed by atoms with Crippen molar-refractivity contribution in [1.82, 2.24) is 10.6 Å². The number of hydrogen-bond donors (Lipinski definition) is 3. The zero-order chi connectivity index (χ0) is 18.6. The number of carbonyl (C=O) groups is 1. The SMILES string of the molecule is Cc1ccc(NC(=S)NC(NC(=O)c2cccs2)C(Cl)(Cl)Cl)c(C)c1. The number of thiophene rings is 1. The minimum atomic E-state index is -1.79. The van der Waals surface area contributed by atoms with Crippen LogP contribution in [0.1, 0.15) is 20.8 Å². The molecule has 0 radical (unpaired) electrons. The van der Waals surface area contributed by atoms with Crippen LogP contribution in [0.15, 0.2) is 35.7 Å². The molecule has 1 aromatic carbocycles. The Hall–Kier alpha value is -1.05.